The first-order valence-corrected chi connectivity index (χ1v) is 10.1. The Bertz CT molecular complexity index is 851. The molecule has 1 N–H and O–H groups in total. The minimum Gasteiger partial charge on any atom is -0.489 e. The molecule has 156 valence electrons. The zero-order valence-electron chi connectivity index (χ0n) is 17.2. The van der Waals surface area contributed by atoms with E-state index in [1.807, 2.05) is 78.9 Å². The normalized spacial score (nSPS) is 10.3. The van der Waals surface area contributed by atoms with Crippen LogP contribution in [0, 0.1) is 0 Å². The van der Waals surface area contributed by atoms with Crippen LogP contribution in [-0.4, -0.2) is 19.2 Å². The van der Waals surface area contributed by atoms with E-state index in [0.717, 1.165) is 28.2 Å². The van der Waals surface area contributed by atoms with E-state index in [0.29, 0.717) is 32.8 Å². The Labute approximate surface area is 177 Å². The van der Waals surface area contributed by atoms with Gasteiger partial charge in [0.25, 0.3) is 0 Å². The van der Waals surface area contributed by atoms with E-state index in [2.05, 4.69) is 5.32 Å². The van der Waals surface area contributed by atoms with Gasteiger partial charge < -0.3 is 19.5 Å². The third-order valence-electron chi connectivity index (χ3n) is 4.39. The highest BCUT2D eigenvalue weighted by molar-refractivity contribution is 5.67. The lowest BCUT2D eigenvalue weighted by molar-refractivity contribution is 0.152. The Kier molecular flexibility index (Phi) is 8.15. The summed E-state index contributed by atoms with van der Waals surface area (Å²) in [5, 5.41) is 2.74. The first kappa shape index (κ1) is 21.2. The average Bonchev–Trinajstić information content (AvgIpc) is 2.78. The fourth-order valence-corrected chi connectivity index (χ4v) is 2.91. The number of carbonyl (C=O) groups excluding carboxylic acids is 1. The monoisotopic (exact) mass is 405 g/mol. The summed E-state index contributed by atoms with van der Waals surface area (Å²) in [6.07, 6.45) is 0.234. The van der Waals surface area contributed by atoms with Crippen LogP contribution in [0.3, 0.4) is 0 Å². The molecule has 5 nitrogen and oxygen atoms in total. The van der Waals surface area contributed by atoms with Gasteiger partial charge in [-0.3, -0.25) is 0 Å². The van der Waals surface area contributed by atoms with Gasteiger partial charge in [-0.05, 0) is 42.2 Å². The molecule has 1 amide bonds. The second-order valence-electron chi connectivity index (χ2n) is 6.76. The number of ether oxygens (including phenoxy) is 3. The van der Waals surface area contributed by atoms with Crippen LogP contribution in [0.4, 0.5) is 4.79 Å². The van der Waals surface area contributed by atoms with Crippen LogP contribution in [0.5, 0.6) is 11.5 Å². The van der Waals surface area contributed by atoms with E-state index in [1.54, 1.807) is 6.92 Å². The van der Waals surface area contributed by atoms with Crippen LogP contribution >= 0.6 is 0 Å². The predicted molar refractivity (Wildman–Crippen MR) is 117 cm³/mol. The summed E-state index contributed by atoms with van der Waals surface area (Å²) in [4.78, 5) is 11.5. The van der Waals surface area contributed by atoms with Crippen molar-refractivity contribution in [2.24, 2.45) is 0 Å². The number of benzene rings is 3. The van der Waals surface area contributed by atoms with Gasteiger partial charge in [-0.2, -0.15) is 0 Å². The highest BCUT2D eigenvalue weighted by atomic mass is 16.5. The molecule has 3 aromatic carbocycles. The molecule has 0 aliphatic carbocycles. The number of rotatable bonds is 10. The maximum atomic E-state index is 11.5. The standard InChI is InChI=1S/C25H27NO4/c1-2-28-25(27)26-14-13-22-15-23(29-18-20-9-5-3-6-10-20)17-24(16-22)30-19-21-11-7-4-8-12-21/h3-12,15-17H,2,13-14,18-19H2,1H3,(H,26,27). The summed E-state index contributed by atoms with van der Waals surface area (Å²) in [7, 11) is 0. The molecule has 0 atom stereocenters. The molecule has 30 heavy (non-hydrogen) atoms. The summed E-state index contributed by atoms with van der Waals surface area (Å²) in [5.41, 5.74) is 3.21. The van der Waals surface area contributed by atoms with Gasteiger partial charge in [-0.1, -0.05) is 60.7 Å². The van der Waals surface area contributed by atoms with E-state index < -0.39 is 6.09 Å². The quantitative estimate of drug-likeness (QED) is 0.508. The van der Waals surface area contributed by atoms with Crippen LogP contribution in [0.25, 0.3) is 0 Å². The third-order valence-corrected chi connectivity index (χ3v) is 4.39. The average molecular weight is 405 g/mol. The number of hydrogen-bond donors (Lipinski definition) is 1. The molecule has 0 bridgehead atoms. The van der Waals surface area contributed by atoms with Crippen molar-refractivity contribution in [3.8, 4) is 11.5 Å². The van der Waals surface area contributed by atoms with Crippen molar-refractivity contribution >= 4 is 6.09 Å². The Morgan fingerprint density at radius 1 is 0.767 bits per heavy atom. The summed E-state index contributed by atoms with van der Waals surface area (Å²) in [6.45, 7) is 3.56. The molecule has 5 heteroatoms. The molecule has 0 unspecified atom stereocenters. The number of hydrogen-bond acceptors (Lipinski definition) is 4. The lowest BCUT2D eigenvalue weighted by Crippen LogP contribution is -2.26. The maximum absolute atomic E-state index is 11.5. The fourth-order valence-electron chi connectivity index (χ4n) is 2.91. The number of nitrogens with one attached hydrogen (secondary N) is 1. The molecule has 3 aromatic rings. The number of carbonyl (C=O) groups is 1. The topological polar surface area (TPSA) is 56.8 Å². The molecule has 0 fully saturated rings. The maximum Gasteiger partial charge on any atom is 0.407 e. The van der Waals surface area contributed by atoms with Gasteiger partial charge in [0.15, 0.2) is 0 Å². The van der Waals surface area contributed by atoms with E-state index in [4.69, 9.17) is 14.2 Å². The van der Waals surface area contributed by atoms with Crippen molar-refractivity contribution in [2.75, 3.05) is 13.2 Å². The molecule has 0 heterocycles. The zero-order chi connectivity index (χ0) is 21.0. The van der Waals surface area contributed by atoms with E-state index in [9.17, 15) is 4.79 Å². The van der Waals surface area contributed by atoms with Crippen molar-refractivity contribution in [2.45, 2.75) is 26.6 Å². The number of amides is 1. The highest BCUT2D eigenvalue weighted by Crippen LogP contribution is 2.25. The molecular weight excluding hydrogens is 378 g/mol. The Morgan fingerprint density at radius 3 is 1.80 bits per heavy atom. The summed E-state index contributed by atoms with van der Waals surface area (Å²) in [6, 6.07) is 25.9. The SMILES string of the molecule is CCOC(=O)NCCc1cc(OCc2ccccc2)cc(OCc2ccccc2)c1. The summed E-state index contributed by atoms with van der Waals surface area (Å²) < 4.78 is 16.9. The van der Waals surface area contributed by atoms with Crippen molar-refractivity contribution in [3.05, 3.63) is 95.6 Å². The van der Waals surface area contributed by atoms with Gasteiger partial charge in [-0.25, -0.2) is 4.79 Å². The molecule has 0 aromatic heterocycles. The van der Waals surface area contributed by atoms with Gasteiger partial charge in [0.05, 0.1) is 6.61 Å². The van der Waals surface area contributed by atoms with Gasteiger partial charge in [0.1, 0.15) is 24.7 Å². The van der Waals surface area contributed by atoms with Crippen molar-refractivity contribution < 1.29 is 19.0 Å². The van der Waals surface area contributed by atoms with Gasteiger partial charge in [-0.15, -0.1) is 0 Å². The Balaban J connectivity index is 1.66. The van der Waals surface area contributed by atoms with E-state index >= 15 is 0 Å². The molecule has 0 saturated carbocycles. The zero-order valence-corrected chi connectivity index (χ0v) is 17.2. The Morgan fingerprint density at radius 2 is 1.30 bits per heavy atom. The first-order chi connectivity index (χ1) is 14.7. The molecule has 3 rings (SSSR count). The summed E-state index contributed by atoms with van der Waals surface area (Å²) >= 11 is 0. The summed E-state index contributed by atoms with van der Waals surface area (Å²) in [5.74, 6) is 1.46. The smallest absolute Gasteiger partial charge is 0.407 e. The molecular formula is C25H27NO4. The molecule has 0 aliphatic rings. The predicted octanol–water partition coefficient (Wildman–Crippen LogP) is 5.13. The van der Waals surface area contributed by atoms with Gasteiger partial charge in [0.2, 0.25) is 0 Å². The molecule has 0 aliphatic heterocycles. The Hall–Kier alpha value is -3.47. The van der Waals surface area contributed by atoms with Crippen molar-refractivity contribution in [1.29, 1.82) is 0 Å². The second-order valence-corrected chi connectivity index (χ2v) is 6.76. The minimum absolute atomic E-state index is 0.353. The van der Waals surface area contributed by atoms with Crippen molar-refractivity contribution in [3.63, 3.8) is 0 Å². The van der Waals surface area contributed by atoms with Crippen molar-refractivity contribution in [1.82, 2.24) is 5.32 Å². The van der Waals surface area contributed by atoms with Crippen LogP contribution < -0.4 is 14.8 Å². The van der Waals surface area contributed by atoms with Crippen LogP contribution in [-0.2, 0) is 24.4 Å². The van der Waals surface area contributed by atoms with Gasteiger partial charge in [0, 0.05) is 12.6 Å². The van der Waals surface area contributed by atoms with Crippen LogP contribution in [0.2, 0.25) is 0 Å². The lowest BCUT2D eigenvalue weighted by atomic mass is 10.1. The third kappa shape index (κ3) is 7.17. The van der Waals surface area contributed by atoms with Crippen LogP contribution in [0.1, 0.15) is 23.6 Å². The number of alkyl carbamates (subject to hydrolysis) is 1. The molecule has 0 saturated heterocycles. The van der Waals surface area contributed by atoms with Gasteiger partial charge >= 0.3 is 6.09 Å². The fraction of sp³-hybridized carbons (Fsp3) is 0.240. The van der Waals surface area contributed by atoms with Crippen LogP contribution in [0.15, 0.2) is 78.9 Å². The largest absolute Gasteiger partial charge is 0.489 e. The second kappa shape index (κ2) is 11.5. The lowest BCUT2D eigenvalue weighted by Gasteiger charge is -2.13. The first-order valence-electron chi connectivity index (χ1n) is 10.1. The molecule has 0 radical (unpaired) electrons. The van der Waals surface area contributed by atoms with E-state index in [1.165, 1.54) is 0 Å². The molecule has 0 spiro atoms. The minimum atomic E-state index is -0.408. The van der Waals surface area contributed by atoms with E-state index in [-0.39, 0.29) is 0 Å². The highest BCUT2D eigenvalue weighted by Gasteiger charge is 2.06.